The molecule has 5 nitrogen and oxygen atoms in total. The zero-order valence-corrected chi connectivity index (χ0v) is 11.7. The van der Waals surface area contributed by atoms with Gasteiger partial charge in [0, 0.05) is 37.6 Å². The van der Waals surface area contributed by atoms with Crippen molar-refractivity contribution >= 4 is 22.4 Å². The number of rotatable bonds is 4. The number of anilines is 1. The van der Waals surface area contributed by atoms with Crippen LogP contribution in [0.3, 0.4) is 0 Å². The van der Waals surface area contributed by atoms with Crippen LogP contribution in [0, 0.1) is 13.8 Å². The van der Waals surface area contributed by atoms with Crippen LogP contribution in [0.1, 0.15) is 17.0 Å². The molecule has 1 fully saturated rings. The van der Waals surface area contributed by atoms with E-state index in [9.17, 15) is 4.79 Å². The molecular weight excluding hydrogens is 250 g/mol. The molecule has 1 N–H and O–H groups in total. The van der Waals surface area contributed by atoms with Crippen molar-refractivity contribution in [3.8, 4) is 0 Å². The van der Waals surface area contributed by atoms with Gasteiger partial charge < -0.3 is 10.0 Å². The third-order valence-electron chi connectivity index (χ3n) is 3.30. The molecule has 2 rings (SSSR count). The third-order valence-corrected chi connectivity index (χ3v) is 4.44. The minimum Gasteiger partial charge on any atom is -0.481 e. The summed E-state index contributed by atoms with van der Waals surface area (Å²) < 4.78 is 0. The highest BCUT2D eigenvalue weighted by molar-refractivity contribution is 7.15. The Hall–Kier alpha value is -1.14. The summed E-state index contributed by atoms with van der Waals surface area (Å²) in [5.41, 5.74) is 1.11. The highest BCUT2D eigenvalue weighted by atomic mass is 32.1. The van der Waals surface area contributed by atoms with Gasteiger partial charge in [-0.2, -0.15) is 0 Å². The summed E-state index contributed by atoms with van der Waals surface area (Å²) in [5.74, 6) is -0.719. The second-order valence-electron chi connectivity index (χ2n) is 4.61. The molecule has 1 saturated heterocycles. The zero-order valence-electron chi connectivity index (χ0n) is 10.8. The largest absolute Gasteiger partial charge is 0.481 e. The molecule has 0 saturated carbocycles. The first-order valence-corrected chi connectivity index (χ1v) is 7.01. The summed E-state index contributed by atoms with van der Waals surface area (Å²) in [5, 5.41) is 9.76. The van der Waals surface area contributed by atoms with Crippen LogP contribution in [-0.4, -0.2) is 53.7 Å². The van der Waals surface area contributed by atoms with Crippen LogP contribution < -0.4 is 4.90 Å². The van der Waals surface area contributed by atoms with Crippen LogP contribution in [0.25, 0.3) is 0 Å². The first-order chi connectivity index (χ1) is 8.56. The Morgan fingerprint density at radius 3 is 2.50 bits per heavy atom. The van der Waals surface area contributed by atoms with E-state index < -0.39 is 5.97 Å². The number of hydrogen-bond donors (Lipinski definition) is 1. The molecule has 0 radical (unpaired) electrons. The van der Waals surface area contributed by atoms with Crippen molar-refractivity contribution in [2.75, 3.05) is 37.6 Å². The molecule has 1 aliphatic rings. The maximum Gasteiger partial charge on any atom is 0.304 e. The van der Waals surface area contributed by atoms with Crippen molar-refractivity contribution in [1.82, 2.24) is 9.88 Å². The van der Waals surface area contributed by atoms with Gasteiger partial charge in [-0.15, -0.1) is 11.3 Å². The molecule has 0 aromatic carbocycles. The molecule has 1 aliphatic heterocycles. The van der Waals surface area contributed by atoms with Gasteiger partial charge in [0.15, 0.2) is 5.13 Å². The zero-order chi connectivity index (χ0) is 13.1. The maximum absolute atomic E-state index is 10.5. The Bertz CT molecular complexity index is 405. The van der Waals surface area contributed by atoms with E-state index in [0.29, 0.717) is 6.54 Å². The summed E-state index contributed by atoms with van der Waals surface area (Å²) in [6.07, 6.45) is 0.232. The van der Waals surface area contributed by atoms with E-state index in [2.05, 4.69) is 21.7 Å². The van der Waals surface area contributed by atoms with Crippen molar-refractivity contribution in [1.29, 1.82) is 0 Å². The van der Waals surface area contributed by atoms with E-state index in [-0.39, 0.29) is 6.42 Å². The summed E-state index contributed by atoms with van der Waals surface area (Å²) in [6, 6.07) is 0. The van der Waals surface area contributed by atoms with E-state index >= 15 is 0 Å². The van der Waals surface area contributed by atoms with Crippen molar-refractivity contribution in [3.63, 3.8) is 0 Å². The summed E-state index contributed by atoms with van der Waals surface area (Å²) in [6.45, 7) is 8.51. The van der Waals surface area contributed by atoms with Gasteiger partial charge in [0.2, 0.25) is 0 Å². The molecule has 0 amide bonds. The topological polar surface area (TPSA) is 56.7 Å². The fraction of sp³-hybridized carbons (Fsp3) is 0.667. The van der Waals surface area contributed by atoms with E-state index in [1.807, 2.05) is 6.92 Å². The number of hydrogen-bond acceptors (Lipinski definition) is 5. The summed E-state index contributed by atoms with van der Waals surface area (Å²) in [4.78, 5) is 20.9. The number of carboxylic acids is 1. The van der Waals surface area contributed by atoms with Crippen LogP contribution in [-0.2, 0) is 4.79 Å². The molecule has 18 heavy (non-hydrogen) atoms. The number of piperazine rings is 1. The molecule has 0 aliphatic carbocycles. The fourth-order valence-electron chi connectivity index (χ4n) is 2.01. The van der Waals surface area contributed by atoms with Gasteiger partial charge in [0.25, 0.3) is 0 Å². The number of aromatic nitrogens is 1. The van der Waals surface area contributed by atoms with Gasteiger partial charge in [0.1, 0.15) is 0 Å². The molecule has 0 spiro atoms. The molecule has 1 aromatic heterocycles. The number of aliphatic carboxylic acids is 1. The molecule has 6 heteroatoms. The lowest BCUT2D eigenvalue weighted by molar-refractivity contribution is -0.137. The van der Waals surface area contributed by atoms with Crippen molar-refractivity contribution in [2.24, 2.45) is 0 Å². The van der Waals surface area contributed by atoms with Crippen molar-refractivity contribution < 1.29 is 9.90 Å². The van der Waals surface area contributed by atoms with Gasteiger partial charge in [0.05, 0.1) is 12.1 Å². The normalized spacial score (nSPS) is 17.1. The Morgan fingerprint density at radius 1 is 1.33 bits per heavy atom. The lowest BCUT2D eigenvalue weighted by Gasteiger charge is -2.34. The molecular formula is C12H19N3O2S. The van der Waals surface area contributed by atoms with Crippen LogP contribution in [0.15, 0.2) is 0 Å². The molecule has 0 unspecified atom stereocenters. The predicted molar refractivity (Wildman–Crippen MR) is 72.5 cm³/mol. The molecule has 0 atom stereocenters. The number of carboxylic acid groups (broad SMARTS) is 1. The van der Waals surface area contributed by atoms with E-state index in [0.717, 1.165) is 37.0 Å². The summed E-state index contributed by atoms with van der Waals surface area (Å²) >= 11 is 1.74. The number of aryl methyl sites for hydroxylation is 2. The Balaban J connectivity index is 1.84. The minimum absolute atomic E-state index is 0.232. The average molecular weight is 269 g/mol. The standard InChI is InChI=1S/C12H19N3O2S/c1-9-10(2)18-12(13-9)15-7-5-14(6-8-15)4-3-11(16)17/h3-8H2,1-2H3,(H,16,17). The quantitative estimate of drug-likeness (QED) is 0.894. The SMILES string of the molecule is Cc1nc(N2CCN(CCC(=O)O)CC2)sc1C. The average Bonchev–Trinajstić information content (AvgIpc) is 2.68. The summed E-state index contributed by atoms with van der Waals surface area (Å²) in [7, 11) is 0. The predicted octanol–water partition coefficient (Wildman–Crippen LogP) is 1.36. The lowest BCUT2D eigenvalue weighted by atomic mass is 10.3. The highest BCUT2D eigenvalue weighted by Crippen LogP contribution is 2.25. The smallest absolute Gasteiger partial charge is 0.304 e. The number of carbonyl (C=O) groups is 1. The highest BCUT2D eigenvalue weighted by Gasteiger charge is 2.20. The Kier molecular flexibility index (Phi) is 4.19. The fourth-order valence-corrected chi connectivity index (χ4v) is 2.97. The van der Waals surface area contributed by atoms with Gasteiger partial charge in [-0.1, -0.05) is 0 Å². The van der Waals surface area contributed by atoms with Gasteiger partial charge in [-0.3, -0.25) is 9.69 Å². The van der Waals surface area contributed by atoms with Gasteiger partial charge >= 0.3 is 5.97 Å². The number of thiazole rings is 1. The van der Waals surface area contributed by atoms with Crippen molar-refractivity contribution in [2.45, 2.75) is 20.3 Å². The van der Waals surface area contributed by atoms with Crippen LogP contribution in [0.4, 0.5) is 5.13 Å². The van der Waals surface area contributed by atoms with Crippen molar-refractivity contribution in [3.05, 3.63) is 10.6 Å². The molecule has 1 aromatic rings. The maximum atomic E-state index is 10.5. The molecule has 2 heterocycles. The monoisotopic (exact) mass is 269 g/mol. The van der Waals surface area contributed by atoms with Crippen LogP contribution in [0.5, 0.6) is 0 Å². The van der Waals surface area contributed by atoms with Gasteiger partial charge in [-0.05, 0) is 13.8 Å². The molecule has 100 valence electrons. The first kappa shape index (κ1) is 13.3. The van der Waals surface area contributed by atoms with E-state index in [1.165, 1.54) is 4.88 Å². The second kappa shape index (κ2) is 5.67. The van der Waals surface area contributed by atoms with Crippen LogP contribution >= 0.6 is 11.3 Å². The first-order valence-electron chi connectivity index (χ1n) is 6.19. The minimum atomic E-state index is -0.719. The van der Waals surface area contributed by atoms with E-state index in [4.69, 9.17) is 5.11 Å². The third kappa shape index (κ3) is 3.20. The van der Waals surface area contributed by atoms with Gasteiger partial charge in [-0.25, -0.2) is 4.98 Å². The second-order valence-corrected chi connectivity index (χ2v) is 5.79. The molecule has 0 bridgehead atoms. The lowest BCUT2D eigenvalue weighted by Crippen LogP contribution is -2.46. The number of nitrogens with zero attached hydrogens (tertiary/aromatic N) is 3. The Morgan fingerprint density at radius 2 is 2.00 bits per heavy atom. The Labute approximate surface area is 111 Å². The van der Waals surface area contributed by atoms with E-state index in [1.54, 1.807) is 11.3 Å². The van der Waals surface area contributed by atoms with Crippen LogP contribution in [0.2, 0.25) is 0 Å².